The van der Waals surface area contributed by atoms with Crippen molar-refractivity contribution in [2.24, 2.45) is 0 Å². The van der Waals surface area contributed by atoms with Crippen molar-refractivity contribution in [1.82, 2.24) is 19.8 Å². The number of hydrogen-bond donors (Lipinski definition) is 1. The van der Waals surface area contributed by atoms with Crippen molar-refractivity contribution in [2.45, 2.75) is 25.2 Å². The molecule has 0 bridgehead atoms. The normalized spacial score (nSPS) is 18.1. The summed E-state index contributed by atoms with van der Waals surface area (Å²) in [6.45, 7) is 5.88. The van der Waals surface area contributed by atoms with Crippen LogP contribution in [-0.2, 0) is 4.79 Å². The highest BCUT2D eigenvalue weighted by Gasteiger charge is 2.26. The molecule has 1 aliphatic carbocycles. The van der Waals surface area contributed by atoms with Gasteiger partial charge in [-0.15, -0.1) is 0 Å². The van der Waals surface area contributed by atoms with Gasteiger partial charge in [0.15, 0.2) is 5.75 Å². The number of carbonyl (C=O) groups excluding carboxylic acids is 1. The van der Waals surface area contributed by atoms with Crippen molar-refractivity contribution in [3.8, 4) is 17.0 Å². The van der Waals surface area contributed by atoms with Crippen molar-refractivity contribution in [2.75, 3.05) is 63.1 Å². The molecule has 9 heteroatoms. The van der Waals surface area contributed by atoms with Crippen molar-refractivity contribution < 1.29 is 13.9 Å². The van der Waals surface area contributed by atoms with Gasteiger partial charge in [-0.2, -0.15) is 0 Å². The molecular formula is C29H33FN6O2. The third-order valence-corrected chi connectivity index (χ3v) is 7.60. The van der Waals surface area contributed by atoms with Gasteiger partial charge in [-0.1, -0.05) is 6.07 Å². The van der Waals surface area contributed by atoms with Crippen LogP contribution in [0.5, 0.6) is 5.75 Å². The molecule has 3 aliphatic rings. The van der Waals surface area contributed by atoms with Crippen LogP contribution in [0.4, 0.5) is 21.6 Å². The Labute approximate surface area is 222 Å². The highest BCUT2D eigenvalue weighted by Crippen LogP contribution is 2.43. The van der Waals surface area contributed by atoms with Crippen LogP contribution in [0.2, 0.25) is 0 Å². The number of halogens is 1. The summed E-state index contributed by atoms with van der Waals surface area (Å²) in [5, 5.41) is 2.95. The molecule has 0 spiro atoms. The Hall–Kier alpha value is -3.56. The molecule has 0 radical (unpaired) electrons. The van der Waals surface area contributed by atoms with Gasteiger partial charge in [-0.05, 0) is 55.6 Å². The smallest absolute Gasteiger partial charge is 0.226 e. The summed E-state index contributed by atoms with van der Waals surface area (Å²) in [4.78, 5) is 28.3. The lowest BCUT2D eigenvalue weighted by atomic mass is 10.0. The van der Waals surface area contributed by atoms with Gasteiger partial charge in [0.2, 0.25) is 5.91 Å². The maximum atomic E-state index is 14.8. The summed E-state index contributed by atoms with van der Waals surface area (Å²) in [5.74, 6) is 1.35. The number of benzene rings is 1. The minimum absolute atomic E-state index is 0.0477. The van der Waals surface area contributed by atoms with E-state index in [1.165, 1.54) is 0 Å². The maximum absolute atomic E-state index is 14.8. The molecule has 0 atom stereocenters. The van der Waals surface area contributed by atoms with Crippen molar-refractivity contribution in [1.29, 1.82) is 0 Å². The molecule has 2 aliphatic heterocycles. The predicted octanol–water partition coefficient (Wildman–Crippen LogP) is 4.27. The molecule has 4 heterocycles. The number of fused-ring (bicyclic) bond motifs is 1. The van der Waals surface area contributed by atoms with E-state index < -0.39 is 0 Å². The number of amides is 1. The number of ether oxygens (including phenoxy) is 1. The molecule has 1 aromatic carbocycles. The third kappa shape index (κ3) is 5.49. The summed E-state index contributed by atoms with van der Waals surface area (Å²) >= 11 is 0. The van der Waals surface area contributed by atoms with Crippen LogP contribution in [0.25, 0.3) is 11.3 Å². The van der Waals surface area contributed by atoms with E-state index >= 15 is 0 Å². The van der Waals surface area contributed by atoms with Crippen LogP contribution in [0, 0.1) is 5.82 Å². The zero-order valence-electron chi connectivity index (χ0n) is 21.7. The molecule has 2 fully saturated rings. The summed E-state index contributed by atoms with van der Waals surface area (Å²) in [5.41, 5.74) is 3.94. The molecule has 1 saturated carbocycles. The van der Waals surface area contributed by atoms with Crippen LogP contribution in [0.15, 0.2) is 48.8 Å². The number of nitrogens with one attached hydrogen (secondary N) is 1. The summed E-state index contributed by atoms with van der Waals surface area (Å²) in [6, 6.07) is 11.0. The molecule has 1 saturated heterocycles. The van der Waals surface area contributed by atoms with E-state index in [9.17, 15) is 9.18 Å². The summed E-state index contributed by atoms with van der Waals surface area (Å²) in [7, 11) is 2.12. The molecule has 3 aromatic rings. The first-order valence-electron chi connectivity index (χ1n) is 13.4. The molecule has 198 valence electrons. The van der Waals surface area contributed by atoms with Gasteiger partial charge >= 0.3 is 0 Å². The van der Waals surface area contributed by atoms with E-state index in [1.54, 1.807) is 18.5 Å². The lowest BCUT2D eigenvalue weighted by Crippen LogP contribution is -2.45. The van der Waals surface area contributed by atoms with Crippen LogP contribution < -0.4 is 15.0 Å². The number of hydrogen-bond acceptors (Lipinski definition) is 7. The zero-order chi connectivity index (χ0) is 26.1. The molecule has 1 N–H and O–H groups in total. The first-order chi connectivity index (χ1) is 18.5. The lowest BCUT2D eigenvalue weighted by Gasteiger charge is -2.32. The van der Waals surface area contributed by atoms with E-state index in [0.29, 0.717) is 48.3 Å². The van der Waals surface area contributed by atoms with Crippen molar-refractivity contribution >= 4 is 23.1 Å². The monoisotopic (exact) mass is 516 g/mol. The van der Waals surface area contributed by atoms with Gasteiger partial charge < -0.3 is 24.8 Å². The minimum Gasteiger partial charge on any atom is -0.488 e. The Morgan fingerprint density at radius 3 is 2.74 bits per heavy atom. The fourth-order valence-corrected chi connectivity index (χ4v) is 5.14. The zero-order valence-corrected chi connectivity index (χ0v) is 21.7. The number of rotatable bonds is 7. The van der Waals surface area contributed by atoms with E-state index in [4.69, 9.17) is 4.74 Å². The van der Waals surface area contributed by atoms with Gasteiger partial charge in [0.05, 0.1) is 24.1 Å². The fraction of sp³-hybridized carbons (Fsp3) is 0.414. The number of nitrogens with zero attached hydrogens (tertiary/aromatic N) is 5. The number of carbonyl (C=O) groups is 1. The van der Waals surface area contributed by atoms with Crippen LogP contribution >= 0.6 is 0 Å². The number of anilines is 3. The topological polar surface area (TPSA) is 73.8 Å². The van der Waals surface area contributed by atoms with Crippen LogP contribution in [0.3, 0.4) is 0 Å². The first kappa shape index (κ1) is 24.8. The number of aromatic nitrogens is 2. The average Bonchev–Trinajstić information content (AvgIpc) is 3.78. The SMILES string of the molecule is CN1CCN(CCC(=O)Nc2cc(N3CCOc4cnc(-c5cc(C6CC6)ccc5F)cc43)ccn2)CC1. The second-order valence-electron chi connectivity index (χ2n) is 10.4. The van der Waals surface area contributed by atoms with Gasteiger partial charge in [-0.3, -0.25) is 9.78 Å². The van der Waals surface area contributed by atoms with Crippen LogP contribution in [-0.4, -0.2) is 78.6 Å². The molecule has 2 aromatic heterocycles. The average molecular weight is 517 g/mol. The van der Waals surface area contributed by atoms with E-state index in [0.717, 1.165) is 62.5 Å². The van der Waals surface area contributed by atoms with Gasteiger partial charge in [0.1, 0.15) is 18.2 Å². The number of piperazine rings is 1. The van der Waals surface area contributed by atoms with E-state index in [2.05, 4.69) is 37.0 Å². The van der Waals surface area contributed by atoms with Crippen molar-refractivity contribution in [3.63, 3.8) is 0 Å². The number of pyridine rings is 2. The quantitative estimate of drug-likeness (QED) is 0.503. The van der Waals surface area contributed by atoms with Gasteiger partial charge in [-0.25, -0.2) is 9.37 Å². The van der Waals surface area contributed by atoms with Gasteiger partial charge in [0.25, 0.3) is 0 Å². The largest absolute Gasteiger partial charge is 0.488 e. The standard InChI is InChI=1S/C29H33FN6O2/c1-34-10-12-35(13-11-34)9-7-29(37)33-28-17-22(6-8-31-28)36-14-15-38-27-19-32-25(18-26(27)36)23-16-21(20-2-3-20)4-5-24(23)30/h4-6,8,16-20H,2-3,7,9-15H2,1H3,(H,31,33,37). The molecule has 38 heavy (non-hydrogen) atoms. The number of likely N-dealkylation sites (N-methyl/N-ethyl adjacent to an activating group) is 1. The highest BCUT2D eigenvalue weighted by molar-refractivity contribution is 5.90. The maximum Gasteiger partial charge on any atom is 0.226 e. The Morgan fingerprint density at radius 2 is 1.92 bits per heavy atom. The van der Waals surface area contributed by atoms with Crippen LogP contribution in [0.1, 0.15) is 30.7 Å². The predicted molar refractivity (Wildman–Crippen MR) is 146 cm³/mol. The van der Waals surface area contributed by atoms with Gasteiger partial charge in [0, 0.05) is 62.7 Å². The molecule has 0 unspecified atom stereocenters. The Morgan fingerprint density at radius 1 is 1.08 bits per heavy atom. The van der Waals surface area contributed by atoms with E-state index in [1.807, 2.05) is 30.3 Å². The first-order valence-corrected chi connectivity index (χ1v) is 13.4. The second kappa shape index (κ2) is 10.7. The molecule has 1 amide bonds. The lowest BCUT2D eigenvalue weighted by molar-refractivity contribution is -0.116. The second-order valence-corrected chi connectivity index (χ2v) is 10.4. The third-order valence-electron chi connectivity index (χ3n) is 7.60. The molecule has 8 nitrogen and oxygen atoms in total. The Kier molecular flexibility index (Phi) is 6.95. The molecule has 6 rings (SSSR count). The highest BCUT2D eigenvalue weighted by atomic mass is 19.1. The van der Waals surface area contributed by atoms with Crippen molar-refractivity contribution in [3.05, 3.63) is 60.2 Å². The fourth-order valence-electron chi connectivity index (χ4n) is 5.14. The summed E-state index contributed by atoms with van der Waals surface area (Å²) < 4.78 is 20.7. The minimum atomic E-state index is -0.282. The Bertz CT molecular complexity index is 1320. The summed E-state index contributed by atoms with van der Waals surface area (Å²) in [6.07, 6.45) is 6.10. The van der Waals surface area contributed by atoms with E-state index in [-0.39, 0.29) is 11.7 Å². The molecular weight excluding hydrogens is 483 g/mol. The Balaban J connectivity index is 1.19.